The lowest BCUT2D eigenvalue weighted by Crippen LogP contribution is -2.55. The van der Waals surface area contributed by atoms with Crippen LogP contribution >= 0.6 is 0 Å². The Balaban J connectivity index is 1.15. The minimum absolute atomic E-state index is 0.00705. The summed E-state index contributed by atoms with van der Waals surface area (Å²) in [4.78, 5) is 4.39. The van der Waals surface area contributed by atoms with Crippen molar-refractivity contribution in [1.29, 1.82) is 0 Å². The SMILES string of the molecule is C[C@]12CC=C3C=C4CC[C@@H](NC5CC5)C[C@]45CCC3(O5)[C@@H]1CC[C@@H]2c1ccc2ccncc2c1. The van der Waals surface area contributed by atoms with Crippen LogP contribution in [0.1, 0.15) is 82.6 Å². The summed E-state index contributed by atoms with van der Waals surface area (Å²) in [5.41, 5.74) is 4.87. The molecular weight excluding hydrogens is 416 g/mol. The Labute approximate surface area is 203 Å². The zero-order valence-corrected chi connectivity index (χ0v) is 20.4. The van der Waals surface area contributed by atoms with E-state index in [1.54, 1.807) is 5.57 Å². The third-order valence-electron chi connectivity index (χ3n) is 10.8. The summed E-state index contributed by atoms with van der Waals surface area (Å²) < 4.78 is 7.46. The molecule has 4 fully saturated rings. The summed E-state index contributed by atoms with van der Waals surface area (Å²) in [6, 6.07) is 10.7. The minimum Gasteiger partial charge on any atom is -0.359 e. The van der Waals surface area contributed by atoms with Gasteiger partial charge in [-0.3, -0.25) is 4.98 Å². The topological polar surface area (TPSA) is 34.1 Å². The molecule has 0 amide bonds. The second kappa shape index (κ2) is 6.83. The van der Waals surface area contributed by atoms with Crippen LogP contribution in [-0.2, 0) is 4.74 Å². The van der Waals surface area contributed by atoms with Gasteiger partial charge < -0.3 is 10.1 Å². The molecule has 176 valence electrons. The van der Waals surface area contributed by atoms with E-state index >= 15 is 0 Å². The molecule has 0 radical (unpaired) electrons. The predicted molar refractivity (Wildman–Crippen MR) is 136 cm³/mol. The van der Waals surface area contributed by atoms with Gasteiger partial charge in [0.25, 0.3) is 0 Å². The molecule has 1 saturated heterocycles. The van der Waals surface area contributed by atoms with E-state index in [9.17, 15) is 0 Å². The largest absolute Gasteiger partial charge is 0.359 e. The summed E-state index contributed by atoms with van der Waals surface area (Å²) in [6.07, 6.45) is 21.7. The van der Waals surface area contributed by atoms with E-state index in [0.717, 1.165) is 6.04 Å². The van der Waals surface area contributed by atoms with E-state index in [0.29, 0.717) is 17.9 Å². The quantitative estimate of drug-likeness (QED) is 0.570. The molecule has 3 heterocycles. The van der Waals surface area contributed by atoms with E-state index in [-0.39, 0.29) is 16.6 Å². The first-order chi connectivity index (χ1) is 16.6. The molecule has 6 aliphatic rings. The number of nitrogens with one attached hydrogen (secondary N) is 1. The Bertz CT molecular complexity index is 1240. The van der Waals surface area contributed by atoms with E-state index < -0.39 is 0 Å². The van der Waals surface area contributed by atoms with Crippen molar-refractivity contribution >= 4 is 10.8 Å². The lowest BCUT2D eigenvalue weighted by atomic mass is 9.58. The normalized spacial score (nSPS) is 42.6. The van der Waals surface area contributed by atoms with Crippen molar-refractivity contribution in [2.75, 3.05) is 0 Å². The van der Waals surface area contributed by atoms with E-state index in [1.165, 1.54) is 86.1 Å². The maximum atomic E-state index is 7.46. The van der Waals surface area contributed by atoms with Gasteiger partial charge in [-0.25, -0.2) is 0 Å². The molecule has 8 rings (SSSR count). The molecule has 2 aliphatic heterocycles. The fourth-order valence-electron chi connectivity index (χ4n) is 9.00. The van der Waals surface area contributed by atoms with Crippen LogP contribution < -0.4 is 5.32 Å². The Kier molecular flexibility index (Phi) is 4.06. The number of ether oxygens (including phenoxy) is 1. The smallest absolute Gasteiger partial charge is 0.0974 e. The highest BCUT2D eigenvalue weighted by Gasteiger charge is 2.66. The maximum absolute atomic E-state index is 7.46. The fraction of sp³-hybridized carbons (Fsp3) is 0.581. The van der Waals surface area contributed by atoms with Gasteiger partial charge in [0.05, 0.1) is 11.2 Å². The van der Waals surface area contributed by atoms with E-state index in [2.05, 4.69) is 53.6 Å². The fourth-order valence-corrected chi connectivity index (χ4v) is 9.00. The average molecular weight is 453 g/mol. The van der Waals surface area contributed by atoms with Gasteiger partial charge in [0.15, 0.2) is 0 Å². The van der Waals surface area contributed by atoms with Crippen LogP contribution in [0.15, 0.2) is 60.0 Å². The second-order valence-electron chi connectivity index (χ2n) is 12.6. The summed E-state index contributed by atoms with van der Waals surface area (Å²) in [6.45, 7) is 2.58. The predicted octanol–water partition coefficient (Wildman–Crippen LogP) is 6.60. The summed E-state index contributed by atoms with van der Waals surface area (Å²) >= 11 is 0. The number of benzene rings is 1. The number of allylic oxidation sites excluding steroid dienone is 1. The second-order valence-corrected chi connectivity index (χ2v) is 12.6. The van der Waals surface area contributed by atoms with Crippen LogP contribution in [0.4, 0.5) is 0 Å². The maximum Gasteiger partial charge on any atom is 0.0974 e. The lowest BCUT2D eigenvalue weighted by Gasteiger charge is -2.54. The molecule has 1 unspecified atom stereocenters. The Hall–Kier alpha value is -1.97. The van der Waals surface area contributed by atoms with Gasteiger partial charge in [0.1, 0.15) is 0 Å². The number of hydrogen-bond acceptors (Lipinski definition) is 3. The Morgan fingerprint density at radius 2 is 1.94 bits per heavy atom. The first-order valence-electron chi connectivity index (χ1n) is 13.8. The van der Waals surface area contributed by atoms with Crippen LogP contribution in [0.3, 0.4) is 0 Å². The molecule has 1 aromatic carbocycles. The summed E-state index contributed by atoms with van der Waals surface area (Å²) in [5.74, 6) is 1.21. The molecule has 1 N–H and O–H groups in total. The van der Waals surface area contributed by atoms with Crippen molar-refractivity contribution in [2.45, 2.75) is 100 Å². The highest BCUT2D eigenvalue weighted by atomic mass is 16.5. The number of aromatic nitrogens is 1. The standard InChI is InChI=1S/C31H36N2O/c1-29-12-10-24-17-23-4-5-26(33-25-6-7-25)18-30(23)13-14-31(24,34-30)28(29)9-8-27(29)21-3-2-20-11-15-32-19-22(20)16-21/h2-3,10-11,15-17,19,25-28,33H,4-9,12-14,18H2,1H3/t26-,27-,28-,29-,30-,31?/m1/s1. The van der Waals surface area contributed by atoms with E-state index in [4.69, 9.17) is 4.74 Å². The van der Waals surface area contributed by atoms with Crippen molar-refractivity contribution in [3.8, 4) is 0 Å². The Morgan fingerprint density at radius 3 is 2.85 bits per heavy atom. The van der Waals surface area contributed by atoms with Gasteiger partial charge in [0.2, 0.25) is 0 Å². The van der Waals surface area contributed by atoms with Crippen molar-refractivity contribution in [1.82, 2.24) is 10.3 Å². The van der Waals surface area contributed by atoms with Crippen LogP contribution in [0.25, 0.3) is 10.8 Å². The zero-order chi connectivity index (χ0) is 22.5. The van der Waals surface area contributed by atoms with Crippen molar-refractivity contribution in [3.63, 3.8) is 0 Å². The zero-order valence-electron chi connectivity index (χ0n) is 20.4. The van der Waals surface area contributed by atoms with Crippen LogP contribution in [0, 0.1) is 11.3 Å². The number of fused-ring (bicyclic) bond motifs is 2. The van der Waals surface area contributed by atoms with Gasteiger partial charge >= 0.3 is 0 Å². The molecule has 2 aromatic rings. The third kappa shape index (κ3) is 2.69. The highest BCUT2D eigenvalue weighted by Crippen LogP contribution is 2.69. The molecule has 3 heteroatoms. The number of nitrogens with zero attached hydrogens (tertiary/aromatic N) is 1. The number of rotatable bonds is 3. The molecular formula is C31H36N2O. The van der Waals surface area contributed by atoms with Gasteiger partial charge in [-0.05, 0) is 116 Å². The van der Waals surface area contributed by atoms with Crippen LogP contribution in [0.2, 0.25) is 0 Å². The van der Waals surface area contributed by atoms with E-state index in [1.807, 2.05) is 12.4 Å². The molecule has 2 bridgehead atoms. The molecule has 4 aliphatic carbocycles. The molecule has 3 nitrogen and oxygen atoms in total. The summed E-state index contributed by atoms with van der Waals surface area (Å²) in [7, 11) is 0. The summed E-state index contributed by atoms with van der Waals surface area (Å²) in [5, 5.41) is 6.51. The number of hydrogen-bond donors (Lipinski definition) is 1. The molecule has 1 aromatic heterocycles. The van der Waals surface area contributed by atoms with Crippen LogP contribution in [-0.4, -0.2) is 28.3 Å². The van der Waals surface area contributed by atoms with Crippen molar-refractivity contribution < 1.29 is 4.74 Å². The third-order valence-corrected chi connectivity index (χ3v) is 10.8. The van der Waals surface area contributed by atoms with Crippen LogP contribution in [0.5, 0.6) is 0 Å². The Morgan fingerprint density at radius 1 is 1.00 bits per heavy atom. The first-order valence-corrected chi connectivity index (χ1v) is 13.8. The van der Waals surface area contributed by atoms with Crippen molar-refractivity contribution in [3.05, 3.63) is 65.5 Å². The average Bonchev–Trinajstić information content (AvgIpc) is 3.52. The lowest BCUT2D eigenvalue weighted by molar-refractivity contribution is -0.136. The molecule has 6 atom stereocenters. The number of pyridine rings is 1. The van der Waals surface area contributed by atoms with Gasteiger partial charge in [0, 0.05) is 29.9 Å². The van der Waals surface area contributed by atoms with Gasteiger partial charge in [-0.2, -0.15) is 0 Å². The molecule has 3 saturated carbocycles. The highest BCUT2D eigenvalue weighted by molar-refractivity contribution is 5.82. The molecule has 34 heavy (non-hydrogen) atoms. The van der Waals surface area contributed by atoms with Gasteiger partial charge in [-0.15, -0.1) is 0 Å². The first kappa shape index (κ1) is 20.2. The minimum atomic E-state index is -0.0505. The monoisotopic (exact) mass is 452 g/mol. The van der Waals surface area contributed by atoms with Gasteiger partial charge in [-0.1, -0.05) is 31.2 Å². The molecule has 2 spiro atoms. The van der Waals surface area contributed by atoms with Crippen molar-refractivity contribution in [2.24, 2.45) is 11.3 Å².